The summed E-state index contributed by atoms with van der Waals surface area (Å²) in [5.41, 5.74) is -0.127. The molecule has 2 nitrogen and oxygen atoms in total. The highest BCUT2D eigenvalue weighted by Crippen LogP contribution is 2.18. The van der Waals surface area contributed by atoms with Gasteiger partial charge in [-0.3, -0.25) is 0 Å². The molecule has 13 heavy (non-hydrogen) atoms. The average molecular weight is 195 g/mol. The Hall–Kier alpha value is -0.220. The molecule has 1 atom stereocenters. The number of rotatable bonds is 6. The molecule has 0 aliphatic rings. The maximum atomic E-state index is 12.1. The van der Waals surface area contributed by atoms with E-state index in [1.54, 1.807) is 0 Å². The van der Waals surface area contributed by atoms with Crippen LogP contribution in [0.15, 0.2) is 0 Å². The Morgan fingerprint density at radius 1 is 1.38 bits per heavy atom. The lowest BCUT2D eigenvalue weighted by Gasteiger charge is -2.26. The van der Waals surface area contributed by atoms with Crippen LogP contribution in [-0.4, -0.2) is 30.7 Å². The van der Waals surface area contributed by atoms with Gasteiger partial charge in [-0.2, -0.15) is 0 Å². The molecule has 0 heterocycles. The van der Waals surface area contributed by atoms with Crippen molar-refractivity contribution in [1.82, 2.24) is 5.32 Å². The number of aliphatic hydroxyl groups is 1. The second-order valence-electron chi connectivity index (χ2n) is 4.14. The lowest BCUT2D eigenvalue weighted by Crippen LogP contribution is -2.39. The van der Waals surface area contributed by atoms with Crippen LogP contribution in [0.2, 0.25) is 0 Å². The van der Waals surface area contributed by atoms with Crippen LogP contribution in [0.5, 0.6) is 0 Å². The summed E-state index contributed by atoms with van der Waals surface area (Å²) in [6, 6.07) is -0.780. The fourth-order valence-corrected chi connectivity index (χ4v) is 0.917. The molecule has 0 fully saturated rings. The number of nitrogens with one attached hydrogen (secondary N) is 1. The summed E-state index contributed by atoms with van der Waals surface area (Å²) in [5, 5.41) is 11.4. The van der Waals surface area contributed by atoms with Gasteiger partial charge in [-0.05, 0) is 18.8 Å². The third-order valence-electron chi connectivity index (χ3n) is 2.07. The van der Waals surface area contributed by atoms with Gasteiger partial charge >= 0.3 is 0 Å². The Bertz CT molecular complexity index is 140. The zero-order chi connectivity index (χ0) is 10.5. The number of hydrogen-bond acceptors (Lipinski definition) is 2. The van der Waals surface area contributed by atoms with Crippen LogP contribution in [-0.2, 0) is 0 Å². The molecule has 0 aliphatic carbocycles. The molecule has 0 spiro atoms. The standard InChI is InChI=1S/C9H19F2NO/c1-7(8(10)11)12-6-9(2,3)4-5-13/h7-8,12-13H,4-6H2,1-3H3. The average Bonchev–Trinajstić information content (AvgIpc) is 2.00. The predicted molar refractivity (Wildman–Crippen MR) is 49.0 cm³/mol. The molecule has 0 aromatic heterocycles. The van der Waals surface area contributed by atoms with Gasteiger partial charge in [0, 0.05) is 13.2 Å². The molecule has 0 aliphatic heterocycles. The Kier molecular flexibility index (Phi) is 5.40. The fraction of sp³-hybridized carbons (Fsp3) is 1.00. The quantitative estimate of drug-likeness (QED) is 0.675. The molecule has 1 unspecified atom stereocenters. The Morgan fingerprint density at radius 3 is 2.31 bits per heavy atom. The van der Waals surface area contributed by atoms with E-state index in [0.717, 1.165) is 0 Å². The van der Waals surface area contributed by atoms with E-state index >= 15 is 0 Å². The van der Waals surface area contributed by atoms with Crippen molar-refractivity contribution in [2.45, 2.75) is 39.7 Å². The van der Waals surface area contributed by atoms with Crippen LogP contribution in [0.3, 0.4) is 0 Å². The number of hydrogen-bond donors (Lipinski definition) is 2. The van der Waals surface area contributed by atoms with Gasteiger partial charge in [0.1, 0.15) is 0 Å². The molecule has 0 saturated heterocycles. The van der Waals surface area contributed by atoms with Gasteiger partial charge in [0.2, 0.25) is 0 Å². The predicted octanol–water partition coefficient (Wildman–Crippen LogP) is 1.64. The van der Waals surface area contributed by atoms with Crippen molar-refractivity contribution in [3.8, 4) is 0 Å². The molecule has 0 rings (SSSR count). The van der Waals surface area contributed by atoms with Crippen molar-refractivity contribution in [1.29, 1.82) is 0 Å². The van der Waals surface area contributed by atoms with Gasteiger partial charge in [0.25, 0.3) is 6.43 Å². The van der Waals surface area contributed by atoms with E-state index in [2.05, 4.69) is 5.32 Å². The summed E-state index contributed by atoms with van der Waals surface area (Å²) in [7, 11) is 0. The molecule has 0 aromatic carbocycles. The van der Waals surface area contributed by atoms with Gasteiger partial charge in [-0.15, -0.1) is 0 Å². The second kappa shape index (κ2) is 5.50. The topological polar surface area (TPSA) is 32.3 Å². The second-order valence-corrected chi connectivity index (χ2v) is 4.14. The molecule has 0 amide bonds. The van der Waals surface area contributed by atoms with Crippen LogP contribution in [0.25, 0.3) is 0 Å². The first-order valence-electron chi connectivity index (χ1n) is 4.51. The minimum Gasteiger partial charge on any atom is -0.396 e. The fourth-order valence-electron chi connectivity index (χ4n) is 0.917. The molecular formula is C9H19F2NO. The molecule has 0 bridgehead atoms. The van der Waals surface area contributed by atoms with Gasteiger partial charge in [-0.1, -0.05) is 13.8 Å². The first-order valence-corrected chi connectivity index (χ1v) is 4.51. The lowest BCUT2D eigenvalue weighted by atomic mass is 9.89. The maximum Gasteiger partial charge on any atom is 0.253 e. The molecular weight excluding hydrogens is 176 g/mol. The van der Waals surface area contributed by atoms with Crippen LogP contribution in [0, 0.1) is 5.41 Å². The summed E-state index contributed by atoms with van der Waals surface area (Å²) in [4.78, 5) is 0. The summed E-state index contributed by atoms with van der Waals surface area (Å²) in [5.74, 6) is 0. The van der Waals surface area contributed by atoms with Crippen molar-refractivity contribution in [3.63, 3.8) is 0 Å². The molecule has 0 saturated carbocycles. The largest absolute Gasteiger partial charge is 0.396 e. The van der Waals surface area contributed by atoms with Gasteiger partial charge in [0.15, 0.2) is 0 Å². The summed E-state index contributed by atoms with van der Waals surface area (Å²) >= 11 is 0. The Morgan fingerprint density at radius 2 is 1.92 bits per heavy atom. The molecule has 4 heteroatoms. The summed E-state index contributed by atoms with van der Waals surface area (Å²) in [6.45, 7) is 5.93. The van der Waals surface area contributed by atoms with Crippen molar-refractivity contribution in [2.24, 2.45) is 5.41 Å². The highest BCUT2D eigenvalue weighted by Gasteiger charge is 2.20. The van der Waals surface area contributed by atoms with Crippen LogP contribution < -0.4 is 5.32 Å². The van der Waals surface area contributed by atoms with E-state index in [-0.39, 0.29) is 12.0 Å². The number of halogens is 2. The highest BCUT2D eigenvalue weighted by molar-refractivity contribution is 4.74. The monoisotopic (exact) mass is 195 g/mol. The number of aliphatic hydroxyl groups excluding tert-OH is 1. The summed E-state index contributed by atoms with van der Waals surface area (Å²) in [6.07, 6.45) is -1.71. The third kappa shape index (κ3) is 5.93. The maximum absolute atomic E-state index is 12.1. The van der Waals surface area contributed by atoms with E-state index < -0.39 is 12.5 Å². The first kappa shape index (κ1) is 12.8. The summed E-state index contributed by atoms with van der Waals surface area (Å²) < 4.78 is 24.2. The van der Waals surface area contributed by atoms with Crippen LogP contribution in [0.4, 0.5) is 8.78 Å². The molecule has 0 radical (unpaired) electrons. The van der Waals surface area contributed by atoms with Crippen LogP contribution in [0.1, 0.15) is 27.2 Å². The normalized spacial score (nSPS) is 15.0. The zero-order valence-corrected chi connectivity index (χ0v) is 8.48. The van der Waals surface area contributed by atoms with Crippen molar-refractivity contribution in [2.75, 3.05) is 13.2 Å². The minimum atomic E-state index is -2.33. The number of alkyl halides is 2. The van der Waals surface area contributed by atoms with Crippen LogP contribution >= 0.6 is 0 Å². The smallest absolute Gasteiger partial charge is 0.253 e. The van der Waals surface area contributed by atoms with Crippen molar-refractivity contribution < 1.29 is 13.9 Å². The SMILES string of the molecule is CC(NCC(C)(C)CCO)C(F)F. The molecule has 0 aromatic rings. The van der Waals surface area contributed by atoms with E-state index in [9.17, 15) is 8.78 Å². The van der Waals surface area contributed by atoms with Crippen molar-refractivity contribution >= 4 is 0 Å². The van der Waals surface area contributed by atoms with E-state index in [1.165, 1.54) is 6.92 Å². The van der Waals surface area contributed by atoms with Gasteiger partial charge < -0.3 is 10.4 Å². The van der Waals surface area contributed by atoms with E-state index in [1.807, 2.05) is 13.8 Å². The highest BCUT2D eigenvalue weighted by atomic mass is 19.3. The lowest BCUT2D eigenvalue weighted by molar-refractivity contribution is 0.0973. The van der Waals surface area contributed by atoms with Gasteiger partial charge in [0.05, 0.1) is 6.04 Å². The third-order valence-corrected chi connectivity index (χ3v) is 2.07. The molecule has 2 N–H and O–H groups in total. The van der Waals surface area contributed by atoms with Gasteiger partial charge in [-0.25, -0.2) is 8.78 Å². The van der Waals surface area contributed by atoms with E-state index in [0.29, 0.717) is 13.0 Å². The Balaban J connectivity index is 3.73. The minimum absolute atomic E-state index is 0.0950. The van der Waals surface area contributed by atoms with Crippen molar-refractivity contribution in [3.05, 3.63) is 0 Å². The molecule has 80 valence electrons. The zero-order valence-electron chi connectivity index (χ0n) is 8.48. The Labute approximate surface area is 78.3 Å². The first-order chi connectivity index (χ1) is 5.89. The van der Waals surface area contributed by atoms with E-state index in [4.69, 9.17) is 5.11 Å².